The summed E-state index contributed by atoms with van der Waals surface area (Å²) in [6.07, 6.45) is -4.28. The number of hydrogen-bond donors (Lipinski definition) is 3. The Bertz CT molecular complexity index is 927. The van der Waals surface area contributed by atoms with Crippen LogP contribution in [-0.2, 0) is 16.0 Å². The summed E-state index contributed by atoms with van der Waals surface area (Å²) in [4.78, 5) is 21.8. The molecule has 1 aliphatic rings. The highest BCUT2D eigenvalue weighted by Crippen LogP contribution is 2.32. The fraction of sp³-hybridized carbons (Fsp3) is 0.619. The number of alkyl halides is 3. The van der Waals surface area contributed by atoms with Crippen molar-refractivity contribution in [2.24, 2.45) is 5.73 Å². The minimum atomic E-state index is -4.28. The fourth-order valence-corrected chi connectivity index (χ4v) is 3.17. The number of halogens is 3. The maximum absolute atomic E-state index is 12.3. The van der Waals surface area contributed by atoms with Crippen molar-refractivity contribution in [3.63, 3.8) is 0 Å². The summed E-state index contributed by atoms with van der Waals surface area (Å²) < 4.78 is 44.7. The van der Waals surface area contributed by atoms with E-state index in [1.165, 1.54) is 0 Å². The third-order valence-electron chi connectivity index (χ3n) is 5.30. The predicted octanol–water partition coefficient (Wildman–Crippen LogP) is 3.49. The molecule has 1 saturated heterocycles. The van der Waals surface area contributed by atoms with Gasteiger partial charge in [0.1, 0.15) is 5.82 Å². The van der Waals surface area contributed by atoms with Crippen molar-refractivity contribution in [2.75, 3.05) is 27.4 Å². The van der Waals surface area contributed by atoms with Gasteiger partial charge in [-0.05, 0) is 45.4 Å². The molecule has 2 aromatic rings. The first-order chi connectivity index (χ1) is 14.7. The number of aromatic nitrogens is 2. The van der Waals surface area contributed by atoms with E-state index in [1.54, 1.807) is 7.11 Å². The molecule has 2 heterocycles. The van der Waals surface area contributed by atoms with Crippen LogP contribution in [0.3, 0.4) is 0 Å². The van der Waals surface area contributed by atoms with Crippen LogP contribution in [0.1, 0.15) is 45.1 Å². The van der Waals surface area contributed by atoms with Crippen molar-refractivity contribution in [1.82, 2.24) is 20.2 Å². The minimum absolute atomic E-state index is 0.0654. The van der Waals surface area contributed by atoms with Crippen LogP contribution in [-0.4, -0.2) is 65.6 Å². The van der Waals surface area contributed by atoms with Crippen molar-refractivity contribution in [2.45, 2.75) is 57.6 Å². The van der Waals surface area contributed by atoms with Gasteiger partial charge in [0.05, 0.1) is 35.8 Å². The second kappa shape index (κ2) is 9.63. The van der Waals surface area contributed by atoms with Crippen LogP contribution >= 0.6 is 0 Å². The third kappa shape index (κ3) is 5.90. The molecule has 32 heavy (non-hydrogen) atoms. The van der Waals surface area contributed by atoms with Gasteiger partial charge in [0.15, 0.2) is 5.60 Å². The summed E-state index contributed by atoms with van der Waals surface area (Å²) in [5.41, 5.74) is 6.17. The maximum Gasteiger partial charge on any atom is 0.416 e. The van der Waals surface area contributed by atoms with Crippen molar-refractivity contribution in [1.29, 1.82) is 0 Å². The summed E-state index contributed by atoms with van der Waals surface area (Å²) in [5, 5.41) is 3.00. The van der Waals surface area contributed by atoms with E-state index in [2.05, 4.69) is 20.0 Å². The van der Waals surface area contributed by atoms with Crippen LogP contribution in [0.15, 0.2) is 18.2 Å². The molecule has 1 fully saturated rings. The van der Waals surface area contributed by atoms with Crippen LogP contribution in [0.25, 0.3) is 11.0 Å². The molecule has 1 aromatic carbocycles. The van der Waals surface area contributed by atoms with Gasteiger partial charge in [-0.2, -0.15) is 13.2 Å². The molecule has 0 spiro atoms. The van der Waals surface area contributed by atoms with Crippen LogP contribution < -0.4 is 11.1 Å². The number of methoxy groups -OCH3 is 2. The lowest BCUT2D eigenvalue weighted by Crippen LogP contribution is -2.40. The molecule has 1 unspecified atom stereocenters. The number of H-pyrrole nitrogens is 1. The molecule has 0 radical (unpaired) electrons. The second-order valence-corrected chi connectivity index (χ2v) is 8.79. The smallest absolute Gasteiger partial charge is 0.382 e. The highest BCUT2D eigenvalue weighted by Gasteiger charge is 2.47. The SMILES string of the molecule is COC(C)(C)C(F)(F)F.COCC(c1ccc2nc(CN)[nH]c2c1)N1CC(C)(C)NC1=O. The molecule has 8 nitrogen and oxygen atoms in total. The summed E-state index contributed by atoms with van der Waals surface area (Å²) in [7, 11) is 2.68. The lowest BCUT2D eigenvalue weighted by molar-refractivity contribution is -0.255. The van der Waals surface area contributed by atoms with Gasteiger partial charge >= 0.3 is 12.2 Å². The minimum Gasteiger partial charge on any atom is -0.382 e. The molecule has 3 rings (SSSR count). The molecular weight excluding hydrogens is 427 g/mol. The average molecular weight is 460 g/mol. The predicted molar refractivity (Wildman–Crippen MR) is 115 cm³/mol. The van der Waals surface area contributed by atoms with Gasteiger partial charge < -0.3 is 30.4 Å². The molecule has 11 heteroatoms. The maximum atomic E-state index is 12.3. The number of nitrogens with two attached hydrogens (primary N) is 1. The van der Waals surface area contributed by atoms with Gasteiger partial charge in [0.25, 0.3) is 0 Å². The van der Waals surface area contributed by atoms with Gasteiger partial charge in [-0.15, -0.1) is 0 Å². The number of nitrogens with one attached hydrogen (secondary N) is 2. The number of amides is 2. The molecule has 0 aliphatic carbocycles. The van der Waals surface area contributed by atoms with E-state index in [4.69, 9.17) is 10.5 Å². The van der Waals surface area contributed by atoms with E-state index in [0.717, 1.165) is 43.4 Å². The van der Waals surface area contributed by atoms with E-state index in [9.17, 15) is 18.0 Å². The number of fused-ring (bicyclic) bond motifs is 1. The van der Waals surface area contributed by atoms with E-state index in [0.29, 0.717) is 19.7 Å². The molecule has 180 valence electrons. The number of benzene rings is 1. The van der Waals surface area contributed by atoms with Gasteiger partial charge in [0.2, 0.25) is 0 Å². The standard InChI is InChI=1S/C16H23N5O2.C5H9F3O/c1-16(2)9-21(15(22)20-16)13(8-23-3)10-4-5-11-12(6-10)19-14(7-17)18-11;1-4(2,9-3)5(6,7)8/h4-6,13H,7-9,17H2,1-3H3,(H,18,19)(H,20,22);1-3H3. The van der Waals surface area contributed by atoms with Crippen molar-refractivity contribution >= 4 is 17.1 Å². The van der Waals surface area contributed by atoms with Crippen molar-refractivity contribution in [3.05, 3.63) is 29.6 Å². The molecule has 4 N–H and O–H groups in total. The molecule has 0 bridgehead atoms. The van der Waals surface area contributed by atoms with Gasteiger partial charge in [-0.3, -0.25) is 0 Å². The number of rotatable bonds is 6. The van der Waals surface area contributed by atoms with Crippen LogP contribution in [0.2, 0.25) is 0 Å². The molecule has 1 aliphatic heterocycles. The molecule has 2 amide bonds. The van der Waals surface area contributed by atoms with Crippen molar-refractivity contribution < 1.29 is 27.4 Å². The van der Waals surface area contributed by atoms with E-state index >= 15 is 0 Å². The number of imidazole rings is 1. The Labute approximate surface area is 185 Å². The molecule has 1 aromatic heterocycles. The Balaban J connectivity index is 0.000000344. The number of ether oxygens (including phenoxy) is 2. The Morgan fingerprint density at radius 1 is 1.28 bits per heavy atom. The van der Waals surface area contributed by atoms with Gasteiger partial charge in [0, 0.05) is 20.8 Å². The summed E-state index contributed by atoms with van der Waals surface area (Å²) >= 11 is 0. The third-order valence-corrected chi connectivity index (χ3v) is 5.30. The Morgan fingerprint density at radius 3 is 2.38 bits per heavy atom. The highest BCUT2D eigenvalue weighted by atomic mass is 19.4. The zero-order valence-corrected chi connectivity index (χ0v) is 19.3. The number of carbonyl (C=O) groups is 1. The Hall–Kier alpha value is -2.37. The normalized spacial score (nSPS) is 17.2. The largest absolute Gasteiger partial charge is 0.416 e. The summed E-state index contributed by atoms with van der Waals surface area (Å²) in [5.74, 6) is 0.750. The first-order valence-corrected chi connectivity index (χ1v) is 10.1. The van der Waals surface area contributed by atoms with E-state index < -0.39 is 11.8 Å². The number of carbonyl (C=O) groups excluding carboxylic acids is 1. The summed E-state index contributed by atoms with van der Waals surface area (Å²) in [6, 6.07) is 5.75. The first-order valence-electron chi connectivity index (χ1n) is 10.1. The van der Waals surface area contributed by atoms with Crippen LogP contribution in [0.5, 0.6) is 0 Å². The molecule has 1 atom stereocenters. The zero-order chi connectivity index (χ0) is 24.3. The van der Waals surface area contributed by atoms with E-state index in [1.807, 2.05) is 36.9 Å². The molecule has 0 saturated carbocycles. The molecular formula is C21H32F3N5O3. The van der Waals surface area contributed by atoms with E-state index in [-0.39, 0.29) is 17.6 Å². The van der Waals surface area contributed by atoms with Crippen LogP contribution in [0.4, 0.5) is 18.0 Å². The monoisotopic (exact) mass is 459 g/mol. The highest BCUT2D eigenvalue weighted by molar-refractivity contribution is 5.79. The van der Waals surface area contributed by atoms with Gasteiger partial charge in [-0.1, -0.05) is 6.07 Å². The lowest BCUT2D eigenvalue weighted by Gasteiger charge is -2.27. The fourth-order valence-electron chi connectivity index (χ4n) is 3.17. The number of urea groups is 1. The number of nitrogens with zero attached hydrogens (tertiary/aromatic N) is 2. The Kier molecular flexibility index (Phi) is 7.79. The number of hydrogen-bond acceptors (Lipinski definition) is 5. The number of aromatic amines is 1. The zero-order valence-electron chi connectivity index (χ0n) is 19.3. The average Bonchev–Trinajstić information content (AvgIpc) is 3.24. The second-order valence-electron chi connectivity index (χ2n) is 8.79. The lowest BCUT2D eigenvalue weighted by atomic mass is 10.0. The van der Waals surface area contributed by atoms with Gasteiger partial charge in [-0.25, -0.2) is 9.78 Å². The van der Waals surface area contributed by atoms with Crippen LogP contribution in [0, 0.1) is 0 Å². The van der Waals surface area contributed by atoms with Crippen molar-refractivity contribution in [3.8, 4) is 0 Å². The Morgan fingerprint density at radius 2 is 1.94 bits per heavy atom. The topological polar surface area (TPSA) is 106 Å². The summed E-state index contributed by atoms with van der Waals surface area (Å²) in [6.45, 7) is 7.43. The quantitative estimate of drug-likeness (QED) is 0.613. The first kappa shape index (κ1) is 25.9.